The molecule has 0 fully saturated rings. The molecule has 0 atom stereocenters. The molecule has 1 aromatic rings. The number of hydrogen-bond acceptors (Lipinski definition) is 2. The Morgan fingerprint density at radius 2 is 2.07 bits per heavy atom. The highest BCUT2D eigenvalue weighted by Crippen LogP contribution is 2.24. The van der Waals surface area contributed by atoms with E-state index < -0.39 is 5.83 Å². The Hall–Kier alpha value is -1.90. The standard InChI is InChI=1S/C11H5FO2/c12-7-3-6-4-10-8(1-2-14-10)11(6)9(13)5-7/h1-5H. The summed E-state index contributed by atoms with van der Waals surface area (Å²) in [6.45, 7) is 0. The zero-order chi connectivity index (χ0) is 9.71. The minimum atomic E-state index is -0.504. The fourth-order valence-corrected chi connectivity index (χ4v) is 1.78. The van der Waals surface area contributed by atoms with Crippen molar-refractivity contribution in [2.45, 2.75) is 0 Å². The van der Waals surface area contributed by atoms with Crippen LogP contribution >= 0.6 is 0 Å². The molecule has 0 spiro atoms. The SMILES string of the molecule is O=C1C=C(F)C=C2C=c3occc3=C12. The molecule has 1 aromatic heterocycles. The monoisotopic (exact) mass is 188 g/mol. The molecule has 0 saturated heterocycles. The van der Waals surface area contributed by atoms with E-state index in [2.05, 4.69) is 0 Å². The van der Waals surface area contributed by atoms with E-state index in [9.17, 15) is 9.18 Å². The van der Waals surface area contributed by atoms with E-state index in [1.165, 1.54) is 12.3 Å². The highest BCUT2D eigenvalue weighted by molar-refractivity contribution is 6.29. The molecule has 0 amide bonds. The maximum Gasteiger partial charge on any atom is 0.190 e. The van der Waals surface area contributed by atoms with Crippen LogP contribution in [0.25, 0.3) is 11.6 Å². The zero-order valence-electron chi connectivity index (χ0n) is 7.08. The molecule has 3 heteroatoms. The maximum atomic E-state index is 12.9. The molecule has 0 unspecified atom stereocenters. The quantitative estimate of drug-likeness (QED) is 0.596. The number of allylic oxidation sites excluding steroid dienone is 4. The van der Waals surface area contributed by atoms with Crippen LogP contribution < -0.4 is 10.6 Å². The van der Waals surface area contributed by atoms with Crippen LogP contribution in [0.2, 0.25) is 0 Å². The van der Waals surface area contributed by atoms with Crippen molar-refractivity contribution in [2.24, 2.45) is 0 Å². The van der Waals surface area contributed by atoms with Crippen LogP contribution in [0.3, 0.4) is 0 Å². The summed E-state index contributed by atoms with van der Waals surface area (Å²) in [4.78, 5) is 11.5. The van der Waals surface area contributed by atoms with Gasteiger partial charge in [0.1, 0.15) is 11.2 Å². The molecule has 0 bridgehead atoms. The molecular formula is C11H5FO2. The van der Waals surface area contributed by atoms with Crippen molar-refractivity contribution in [3.8, 4) is 0 Å². The first-order valence-electron chi connectivity index (χ1n) is 4.19. The van der Waals surface area contributed by atoms with Crippen LogP contribution in [0.5, 0.6) is 0 Å². The van der Waals surface area contributed by atoms with E-state index in [1.807, 2.05) is 0 Å². The first-order valence-corrected chi connectivity index (χ1v) is 4.19. The van der Waals surface area contributed by atoms with Gasteiger partial charge in [-0.2, -0.15) is 0 Å². The summed E-state index contributed by atoms with van der Waals surface area (Å²) in [6, 6.07) is 1.72. The Balaban J connectivity index is 2.44. The third-order valence-electron chi connectivity index (χ3n) is 2.35. The fourth-order valence-electron chi connectivity index (χ4n) is 1.78. The largest absolute Gasteiger partial charge is 0.464 e. The Bertz CT molecular complexity index is 614. The van der Waals surface area contributed by atoms with Crippen molar-refractivity contribution in [2.75, 3.05) is 0 Å². The van der Waals surface area contributed by atoms with Crippen LogP contribution in [-0.4, -0.2) is 5.78 Å². The molecule has 0 saturated carbocycles. The second-order valence-corrected chi connectivity index (χ2v) is 3.21. The van der Waals surface area contributed by atoms with Crippen LogP contribution in [0, 0.1) is 0 Å². The van der Waals surface area contributed by atoms with Crippen molar-refractivity contribution in [3.05, 3.63) is 46.5 Å². The van der Waals surface area contributed by atoms with Gasteiger partial charge in [-0.15, -0.1) is 0 Å². The summed E-state index contributed by atoms with van der Waals surface area (Å²) in [5.74, 6) is -0.799. The average Bonchev–Trinajstić information content (AvgIpc) is 2.60. The Morgan fingerprint density at radius 1 is 1.21 bits per heavy atom. The summed E-state index contributed by atoms with van der Waals surface area (Å²) in [6.07, 6.45) is 5.53. The topological polar surface area (TPSA) is 30.2 Å². The number of rotatable bonds is 0. The average molecular weight is 188 g/mol. The summed E-state index contributed by atoms with van der Waals surface area (Å²) in [5.41, 5.74) is 1.77. The van der Waals surface area contributed by atoms with Gasteiger partial charge in [-0.05, 0) is 23.8 Å². The second-order valence-electron chi connectivity index (χ2n) is 3.21. The van der Waals surface area contributed by atoms with Gasteiger partial charge in [0.2, 0.25) is 0 Å². The lowest BCUT2D eigenvalue weighted by molar-refractivity contribution is -0.109. The Kier molecular flexibility index (Phi) is 1.24. The number of halogens is 1. The molecule has 68 valence electrons. The summed E-state index contributed by atoms with van der Waals surface area (Å²) in [7, 11) is 0. The van der Waals surface area contributed by atoms with Gasteiger partial charge in [-0.25, -0.2) is 4.39 Å². The van der Waals surface area contributed by atoms with E-state index in [1.54, 1.807) is 12.1 Å². The van der Waals surface area contributed by atoms with E-state index >= 15 is 0 Å². The van der Waals surface area contributed by atoms with Crippen molar-refractivity contribution in [1.82, 2.24) is 0 Å². The van der Waals surface area contributed by atoms with Gasteiger partial charge >= 0.3 is 0 Å². The summed E-state index contributed by atoms with van der Waals surface area (Å²) >= 11 is 0. The van der Waals surface area contributed by atoms with Gasteiger partial charge in [0.15, 0.2) is 5.78 Å². The van der Waals surface area contributed by atoms with Crippen molar-refractivity contribution >= 4 is 17.4 Å². The molecule has 2 nitrogen and oxygen atoms in total. The minimum Gasteiger partial charge on any atom is -0.464 e. The third kappa shape index (κ3) is 0.812. The lowest BCUT2D eigenvalue weighted by Gasteiger charge is -2.05. The predicted molar refractivity (Wildman–Crippen MR) is 48.1 cm³/mol. The molecule has 2 aliphatic rings. The lowest BCUT2D eigenvalue weighted by atomic mass is 9.98. The smallest absolute Gasteiger partial charge is 0.190 e. The predicted octanol–water partition coefficient (Wildman–Crippen LogP) is 0.587. The van der Waals surface area contributed by atoms with Gasteiger partial charge in [0.05, 0.1) is 6.26 Å². The Morgan fingerprint density at radius 3 is 2.93 bits per heavy atom. The molecule has 1 heterocycles. The van der Waals surface area contributed by atoms with Gasteiger partial charge in [0, 0.05) is 16.9 Å². The molecule has 14 heavy (non-hydrogen) atoms. The minimum absolute atomic E-state index is 0.295. The van der Waals surface area contributed by atoms with Crippen molar-refractivity contribution in [1.29, 1.82) is 0 Å². The molecule has 0 radical (unpaired) electrons. The van der Waals surface area contributed by atoms with E-state index in [0.717, 1.165) is 11.3 Å². The normalized spacial score (nSPS) is 18.4. The van der Waals surface area contributed by atoms with Crippen LogP contribution in [-0.2, 0) is 4.79 Å². The molecule has 2 aliphatic carbocycles. The van der Waals surface area contributed by atoms with Gasteiger partial charge in [0.25, 0.3) is 0 Å². The van der Waals surface area contributed by atoms with Crippen LogP contribution in [0.1, 0.15) is 0 Å². The van der Waals surface area contributed by atoms with Crippen LogP contribution in [0.15, 0.2) is 40.3 Å². The molecule has 3 rings (SSSR count). The highest BCUT2D eigenvalue weighted by atomic mass is 19.1. The zero-order valence-corrected chi connectivity index (χ0v) is 7.08. The first kappa shape index (κ1) is 7.50. The third-order valence-corrected chi connectivity index (χ3v) is 2.35. The number of carbonyl (C=O) groups excluding carboxylic acids is 1. The number of furan rings is 1. The number of hydrogen-bond donors (Lipinski definition) is 0. The second kappa shape index (κ2) is 2.32. The highest BCUT2D eigenvalue weighted by Gasteiger charge is 2.22. The number of ketones is 1. The first-order chi connectivity index (χ1) is 6.75. The number of fused-ring (bicyclic) bond motifs is 2. The summed E-state index contributed by atoms with van der Waals surface area (Å²) < 4.78 is 18.0. The van der Waals surface area contributed by atoms with Gasteiger partial charge in [-0.1, -0.05) is 0 Å². The lowest BCUT2D eigenvalue weighted by Crippen LogP contribution is -2.20. The number of carbonyl (C=O) groups is 1. The molecular weight excluding hydrogens is 183 g/mol. The molecule has 0 N–H and O–H groups in total. The summed E-state index contributed by atoms with van der Waals surface area (Å²) in [5, 5.41) is 0.755. The van der Waals surface area contributed by atoms with Gasteiger partial charge < -0.3 is 4.42 Å². The fraction of sp³-hybridized carbons (Fsp3) is 0. The molecule has 0 aromatic carbocycles. The van der Waals surface area contributed by atoms with E-state index in [0.29, 0.717) is 16.6 Å². The van der Waals surface area contributed by atoms with Crippen molar-refractivity contribution < 1.29 is 13.6 Å². The van der Waals surface area contributed by atoms with E-state index in [-0.39, 0.29) is 5.78 Å². The Labute approximate surface area is 78.3 Å². The van der Waals surface area contributed by atoms with Crippen LogP contribution in [0.4, 0.5) is 4.39 Å². The maximum absolute atomic E-state index is 12.9. The van der Waals surface area contributed by atoms with Crippen molar-refractivity contribution in [3.63, 3.8) is 0 Å². The van der Waals surface area contributed by atoms with E-state index in [4.69, 9.17) is 4.42 Å². The van der Waals surface area contributed by atoms with Gasteiger partial charge in [-0.3, -0.25) is 4.79 Å². The molecule has 0 aliphatic heterocycles.